The number of fused-ring (bicyclic) bond motifs is 1. The maximum atomic E-state index is 12.8. The van der Waals surface area contributed by atoms with Crippen LogP contribution in [-0.2, 0) is 6.42 Å². The highest BCUT2D eigenvalue weighted by atomic mass is 35.5. The highest BCUT2D eigenvalue weighted by Crippen LogP contribution is 2.32. The molecular weight excluding hydrogens is 369 g/mol. The SMILES string of the molecule is CCCc1nc2ccccn2c1C(=O)Nc1cc(Cl)c(Cl)cc1Cl. The second-order valence-electron chi connectivity index (χ2n) is 5.29. The first kappa shape index (κ1) is 17.1. The van der Waals surface area contributed by atoms with Gasteiger partial charge in [0, 0.05) is 6.20 Å². The average molecular weight is 383 g/mol. The summed E-state index contributed by atoms with van der Waals surface area (Å²) in [7, 11) is 0. The van der Waals surface area contributed by atoms with Crippen molar-refractivity contribution in [3.63, 3.8) is 0 Å². The molecule has 2 heterocycles. The summed E-state index contributed by atoms with van der Waals surface area (Å²) in [5.74, 6) is -0.294. The summed E-state index contributed by atoms with van der Waals surface area (Å²) >= 11 is 18.1. The molecule has 1 N–H and O–H groups in total. The van der Waals surface area contributed by atoms with Crippen LogP contribution in [0.15, 0.2) is 36.5 Å². The van der Waals surface area contributed by atoms with Crippen molar-refractivity contribution in [3.8, 4) is 0 Å². The monoisotopic (exact) mass is 381 g/mol. The zero-order valence-corrected chi connectivity index (χ0v) is 15.1. The number of nitrogens with zero attached hydrogens (tertiary/aromatic N) is 2. The lowest BCUT2D eigenvalue weighted by Crippen LogP contribution is -2.16. The summed E-state index contributed by atoms with van der Waals surface area (Å²) in [6, 6.07) is 8.64. The summed E-state index contributed by atoms with van der Waals surface area (Å²) in [6.45, 7) is 2.04. The molecule has 1 aromatic carbocycles. The summed E-state index contributed by atoms with van der Waals surface area (Å²) in [5, 5.41) is 3.78. The molecule has 4 nitrogen and oxygen atoms in total. The number of halogens is 3. The van der Waals surface area contributed by atoms with Gasteiger partial charge in [-0.25, -0.2) is 4.98 Å². The molecule has 0 unspecified atom stereocenters. The van der Waals surface area contributed by atoms with Gasteiger partial charge in [0.05, 0.1) is 26.4 Å². The molecule has 1 amide bonds. The highest BCUT2D eigenvalue weighted by Gasteiger charge is 2.20. The van der Waals surface area contributed by atoms with Crippen LogP contribution < -0.4 is 5.32 Å². The maximum Gasteiger partial charge on any atom is 0.274 e. The van der Waals surface area contributed by atoms with E-state index in [2.05, 4.69) is 10.3 Å². The molecule has 0 spiro atoms. The minimum atomic E-state index is -0.294. The lowest BCUT2D eigenvalue weighted by Gasteiger charge is -2.10. The molecule has 24 heavy (non-hydrogen) atoms. The first-order chi connectivity index (χ1) is 11.5. The molecule has 3 rings (SSSR count). The van der Waals surface area contributed by atoms with Crippen LogP contribution in [-0.4, -0.2) is 15.3 Å². The fraction of sp³-hybridized carbons (Fsp3) is 0.176. The van der Waals surface area contributed by atoms with Gasteiger partial charge >= 0.3 is 0 Å². The van der Waals surface area contributed by atoms with Crippen LogP contribution in [0.25, 0.3) is 5.65 Å². The Morgan fingerprint density at radius 2 is 1.92 bits per heavy atom. The molecule has 2 aromatic heterocycles. The summed E-state index contributed by atoms with van der Waals surface area (Å²) in [6.07, 6.45) is 3.41. The number of pyridine rings is 1. The Bertz CT molecular complexity index is 921. The number of carbonyl (C=O) groups is 1. The van der Waals surface area contributed by atoms with Gasteiger partial charge in [-0.2, -0.15) is 0 Å². The van der Waals surface area contributed by atoms with Crippen LogP contribution in [0.3, 0.4) is 0 Å². The van der Waals surface area contributed by atoms with Crippen LogP contribution >= 0.6 is 34.8 Å². The minimum absolute atomic E-state index is 0.294. The van der Waals surface area contributed by atoms with E-state index in [-0.39, 0.29) is 5.91 Å². The second kappa shape index (κ2) is 7.01. The number of anilines is 1. The number of hydrogen-bond acceptors (Lipinski definition) is 2. The largest absolute Gasteiger partial charge is 0.319 e. The molecule has 0 saturated carbocycles. The Labute approximate surface area is 154 Å². The van der Waals surface area contributed by atoms with E-state index >= 15 is 0 Å². The predicted octanol–water partition coefficient (Wildman–Crippen LogP) is 5.50. The number of aromatic nitrogens is 2. The number of imidazole rings is 1. The van der Waals surface area contributed by atoms with Crippen molar-refractivity contribution in [1.29, 1.82) is 0 Å². The third kappa shape index (κ3) is 3.22. The smallest absolute Gasteiger partial charge is 0.274 e. The predicted molar refractivity (Wildman–Crippen MR) is 98.6 cm³/mol. The Morgan fingerprint density at radius 1 is 1.17 bits per heavy atom. The van der Waals surface area contributed by atoms with Crippen molar-refractivity contribution >= 4 is 52.0 Å². The molecular formula is C17H14Cl3N3O. The Morgan fingerprint density at radius 3 is 2.67 bits per heavy atom. The first-order valence-corrected chi connectivity index (χ1v) is 8.56. The fourth-order valence-corrected chi connectivity index (χ4v) is 3.09. The van der Waals surface area contributed by atoms with E-state index in [1.165, 1.54) is 12.1 Å². The van der Waals surface area contributed by atoms with E-state index in [4.69, 9.17) is 34.8 Å². The van der Waals surface area contributed by atoms with Crippen molar-refractivity contribution in [2.24, 2.45) is 0 Å². The molecule has 0 radical (unpaired) electrons. The Balaban J connectivity index is 2.02. The summed E-state index contributed by atoms with van der Waals surface area (Å²) < 4.78 is 1.77. The van der Waals surface area contributed by atoms with E-state index in [0.29, 0.717) is 32.9 Å². The topological polar surface area (TPSA) is 46.4 Å². The summed E-state index contributed by atoms with van der Waals surface area (Å²) in [5.41, 5.74) is 2.38. The molecule has 0 bridgehead atoms. The zero-order valence-electron chi connectivity index (χ0n) is 12.8. The number of rotatable bonds is 4. The lowest BCUT2D eigenvalue weighted by atomic mass is 10.2. The number of carbonyl (C=O) groups excluding carboxylic acids is 1. The average Bonchev–Trinajstić information content (AvgIpc) is 2.91. The quantitative estimate of drug-likeness (QED) is 0.606. The lowest BCUT2D eigenvalue weighted by molar-refractivity contribution is 0.102. The van der Waals surface area contributed by atoms with Gasteiger partial charge in [-0.1, -0.05) is 54.2 Å². The first-order valence-electron chi connectivity index (χ1n) is 7.43. The molecule has 0 fully saturated rings. The molecule has 0 aliphatic rings. The molecule has 0 aliphatic carbocycles. The van der Waals surface area contributed by atoms with Crippen molar-refractivity contribution < 1.29 is 4.79 Å². The van der Waals surface area contributed by atoms with Gasteiger partial charge in [0.2, 0.25) is 0 Å². The van der Waals surface area contributed by atoms with Crippen molar-refractivity contribution in [1.82, 2.24) is 9.38 Å². The van der Waals surface area contributed by atoms with Crippen LogP contribution in [0.4, 0.5) is 5.69 Å². The Kier molecular flexibility index (Phi) is 4.99. The number of hydrogen-bond donors (Lipinski definition) is 1. The number of benzene rings is 1. The molecule has 0 saturated heterocycles. The number of aryl methyl sites for hydroxylation is 1. The van der Waals surface area contributed by atoms with Crippen molar-refractivity contribution in [3.05, 3.63) is 63.0 Å². The van der Waals surface area contributed by atoms with Crippen LogP contribution in [0.5, 0.6) is 0 Å². The van der Waals surface area contributed by atoms with Gasteiger partial charge < -0.3 is 5.32 Å². The minimum Gasteiger partial charge on any atom is -0.319 e. The van der Waals surface area contributed by atoms with Crippen molar-refractivity contribution in [2.45, 2.75) is 19.8 Å². The number of nitrogens with one attached hydrogen (secondary N) is 1. The van der Waals surface area contributed by atoms with Gasteiger partial charge in [0.1, 0.15) is 11.3 Å². The van der Waals surface area contributed by atoms with Crippen LogP contribution in [0, 0.1) is 0 Å². The zero-order chi connectivity index (χ0) is 17.3. The van der Waals surface area contributed by atoms with Gasteiger partial charge in [0.25, 0.3) is 5.91 Å². The van der Waals surface area contributed by atoms with Gasteiger partial charge in [0.15, 0.2) is 0 Å². The molecule has 0 atom stereocenters. The van der Waals surface area contributed by atoms with E-state index in [1.807, 2.05) is 31.3 Å². The highest BCUT2D eigenvalue weighted by molar-refractivity contribution is 6.44. The number of amides is 1. The van der Waals surface area contributed by atoms with E-state index in [9.17, 15) is 4.79 Å². The third-order valence-electron chi connectivity index (χ3n) is 3.56. The molecule has 0 aliphatic heterocycles. The van der Waals surface area contributed by atoms with E-state index in [0.717, 1.165) is 17.8 Å². The van der Waals surface area contributed by atoms with Crippen LogP contribution in [0.2, 0.25) is 15.1 Å². The summed E-state index contributed by atoms with van der Waals surface area (Å²) in [4.78, 5) is 17.4. The maximum absolute atomic E-state index is 12.8. The standard InChI is InChI=1S/C17H14Cl3N3O/c1-2-5-13-16(23-7-4-3-6-15(23)21-13)17(24)22-14-9-11(19)10(18)8-12(14)20/h3-4,6-9H,2,5H2,1H3,(H,22,24). The fourth-order valence-electron chi connectivity index (χ4n) is 2.50. The normalized spacial score (nSPS) is 11.0. The van der Waals surface area contributed by atoms with Gasteiger partial charge in [-0.15, -0.1) is 0 Å². The molecule has 124 valence electrons. The van der Waals surface area contributed by atoms with E-state index < -0.39 is 0 Å². The third-order valence-corrected chi connectivity index (χ3v) is 4.60. The van der Waals surface area contributed by atoms with Crippen LogP contribution in [0.1, 0.15) is 29.5 Å². The second-order valence-corrected chi connectivity index (χ2v) is 6.51. The molecule has 7 heteroatoms. The van der Waals surface area contributed by atoms with Gasteiger partial charge in [-0.3, -0.25) is 9.20 Å². The Hall–Kier alpha value is -1.75. The van der Waals surface area contributed by atoms with Gasteiger partial charge in [-0.05, 0) is 30.7 Å². The van der Waals surface area contributed by atoms with E-state index in [1.54, 1.807) is 4.40 Å². The molecule has 3 aromatic rings. The van der Waals surface area contributed by atoms with Crippen molar-refractivity contribution in [2.75, 3.05) is 5.32 Å².